The first-order chi connectivity index (χ1) is 17.4. The van der Waals surface area contributed by atoms with Crippen molar-refractivity contribution in [1.82, 2.24) is 15.2 Å². The summed E-state index contributed by atoms with van der Waals surface area (Å²) in [5.41, 5.74) is 2.87. The zero-order chi connectivity index (χ0) is 25.5. The molecule has 1 aromatic heterocycles. The van der Waals surface area contributed by atoms with E-state index in [9.17, 15) is 14.9 Å². The maximum absolute atomic E-state index is 12.4. The van der Waals surface area contributed by atoms with Crippen molar-refractivity contribution < 1.29 is 9.72 Å². The van der Waals surface area contributed by atoms with Crippen LogP contribution in [0.5, 0.6) is 0 Å². The Hall–Kier alpha value is -2.17. The Bertz CT molecular complexity index is 1200. The lowest BCUT2D eigenvalue weighted by atomic mass is 10.0. The molecular weight excluding hydrogens is 539 g/mol. The number of nitrogens with zero attached hydrogens (tertiary/aromatic N) is 3. The second-order valence-corrected chi connectivity index (χ2v) is 11.6. The fourth-order valence-electron chi connectivity index (χ4n) is 4.03. The van der Waals surface area contributed by atoms with Crippen LogP contribution in [0.4, 0.5) is 5.69 Å². The second kappa shape index (κ2) is 12.9. The van der Waals surface area contributed by atoms with Gasteiger partial charge in [-0.25, -0.2) is 4.98 Å². The number of rotatable bonds is 10. The Kier molecular flexibility index (Phi) is 9.61. The summed E-state index contributed by atoms with van der Waals surface area (Å²) < 4.78 is 0.929. The van der Waals surface area contributed by atoms with Crippen LogP contribution in [-0.2, 0) is 11.3 Å². The first-order valence-corrected chi connectivity index (χ1v) is 14.3. The normalized spacial score (nSPS) is 14.6. The fourth-order valence-corrected chi connectivity index (χ4v) is 6.20. The highest BCUT2D eigenvalue weighted by Gasteiger charge is 2.21. The minimum absolute atomic E-state index is 0.0655. The highest BCUT2D eigenvalue weighted by molar-refractivity contribution is 8.01. The van der Waals surface area contributed by atoms with Crippen LogP contribution in [0.1, 0.15) is 31.2 Å². The number of hydrogen-bond acceptors (Lipinski definition) is 7. The van der Waals surface area contributed by atoms with Crippen molar-refractivity contribution in [3.63, 3.8) is 0 Å². The Morgan fingerprint density at radius 3 is 2.61 bits per heavy atom. The number of aromatic nitrogens is 1. The average molecular weight is 566 g/mol. The highest BCUT2D eigenvalue weighted by atomic mass is 35.5. The smallest absolute Gasteiger partial charge is 0.269 e. The molecule has 36 heavy (non-hydrogen) atoms. The van der Waals surface area contributed by atoms with Gasteiger partial charge in [0.1, 0.15) is 0 Å². The molecule has 2 aromatic carbocycles. The number of nitro benzene ring substituents is 1. The Morgan fingerprint density at radius 2 is 1.92 bits per heavy atom. The SMILES string of the molecule is O=C(CCCSc1nc(-c2ccc([N+](=O)[O-])cc2)cs1)NC1CCN(Cc2ccc(Cl)c(Cl)c2)CC1. The maximum atomic E-state index is 12.4. The molecule has 0 bridgehead atoms. The summed E-state index contributed by atoms with van der Waals surface area (Å²) in [6, 6.07) is 12.4. The monoisotopic (exact) mass is 564 g/mol. The van der Waals surface area contributed by atoms with E-state index >= 15 is 0 Å². The summed E-state index contributed by atoms with van der Waals surface area (Å²) in [5.74, 6) is 0.909. The third-order valence-electron chi connectivity index (χ3n) is 5.97. The first kappa shape index (κ1) is 26.9. The van der Waals surface area contributed by atoms with E-state index in [-0.39, 0.29) is 17.6 Å². The van der Waals surface area contributed by atoms with Gasteiger partial charge in [0.25, 0.3) is 5.69 Å². The number of nitrogens with one attached hydrogen (secondary N) is 1. The van der Waals surface area contributed by atoms with E-state index in [4.69, 9.17) is 23.2 Å². The van der Waals surface area contributed by atoms with E-state index in [0.29, 0.717) is 16.5 Å². The van der Waals surface area contributed by atoms with Crippen molar-refractivity contribution in [2.45, 2.75) is 42.6 Å². The van der Waals surface area contributed by atoms with Gasteiger partial charge in [-0.3, -0.25) is 19.8 Å². The second-order valence-electron chi connectivity index (χ2n) is 8.62. The number of benzene rings is 2. The molecule has 1 fully saturated rings. The van der Waals surface area contributed by atoms with Crippen molar-refractivity contribution in [2.24, 2.45) is 0 Å². The van der Waals surface area contributed by atoms with Gasteiger partial charge in [-0.15, -0.1) is 11.3 Å². The average Bonchev–Trinajstić information content (AvgIpc) is 3.34. The van der Waals surface area contributed by atoms with E-state index in [1.807, 2.05) is 23.6 Å². The predicted octanol–water partition coefficient (Wildman–Crippen LogP) is 6.68. The number of non-ortho nitro benzene ring substituents is 1. The molecule has 3 aromatic rings. The summed E-state index contributed by atoms with van der Waals surface area (Å²) in [6.45, 7) is 2.70. The van der Waals surface area contributed by atoms with Crippen LogP contribution in [0.15, 0.2) is 52.2 Å². The minimum atomic E-state index is -0.412. The van der Waals surface area contributed by atoms with Gasteiger partial charge in [-0.05, 0) is 49.1 Å². The molecule has 1 amide bonds. The lowest BCUT2D eigenvalue weighted by Crippen LogP contribution is -2.44. The van der Waals surface area contributed by atoms with Gasteiger partial charge < -0.3 is 5.32 Å². The maximum Gasteiger partial charge on any atom is 0.269 e. The molecule has 7 nitrogen and oxygen atoms in total. The van der Waals surface area contributed by atoms with Crippen LogP contribution >= 0.6 is 46.3 Å². The van der Waals surface area contributed by atoms with Crippen LogP contribution in [-0.4, -0.2) is 45.6 Å². The van der Waals surface area contributed by atoms with Crippen LogP contribution in [0.3, 0.4) is 0 Å². The number of hydrogen-bond donors (Lipinski definition) is 1. The van der Waals surface area contributed by atoms with Crippen LogP contribution < -0.4 is 5.32 Å². The lowest BCUT2D eigenvalue weighted by molar-refractivity contribution is -0.384. The van der Waals surface area contributed by atoms with Gasteiger partial charge in [-0.1, -0.05) is 41.0 Å². The minimum Gasteiger partial charge on any atom is -0.353 e. The molecule has 0 atom stereocenters. The molecule has 0 radical (unpaired) electrons. The van der Waals surface area contributed by atoms with Crippen LogP contribution in [0.2, 0.25) is 10.0 Å². The van der Waals surface area contributed by atoms with Crippen molar-refractivity contribution >= 4 is 57.9 Å². The number of thiazole rings is 1. The van der Waals surface area contributed by atoms with Crippen LogP contribution in [0, 0.1) is 10.1 Å². The molecule has 11 heteroatoms. The Balaban J connectivity index is 1.12. The standard InChI is InChI=1S/C25H26Cl2N4O3S2/c26-21-8-3-17(14-22(21)27)15-30-11-9-19(10-12-30)28-24(32)2-1-13-35-25-29-23(16-36-25)18-4-6-20(7-5-18)31(33)34/h3-8,14,16,19H,1-2,9-13,15H2,(H,28,32). The van der Waals surface area contributed by atoms with Gasteiger partial charge in [0.15, 0.2) is 4.34 Å². The van der Waals surface area contributed by atoms with Gasteiger partial charge in [0.2, 0.25) is 5.91 Å². The number of carbonyl (C=O) groups excluding carboxylic acids is 1. The van der Waals surface area contributed by atoms with Gasteiger partial charge >= 0.3 is 0 Å². The summed E-state index contributed by atoms with van der Waals surface area (Å²) in [4.78, 5) is 29.8. The molecule has 4 rings (SSSR count). The topological polar surface area (TPSA) is 88.4 Å². The summed E-state index contributed by atoms with van der Waals surface area (Å²) in [5, 5.41) is 17.1. The first-order valence-electron chi connectivity index (χ1n) is 11.7. The van der Waals surface area contributed by atoms with Crippen molar-refractivity contribution in [3.05, 3.63) is 73.6 Å². The molecule has 1 aliphatic rings. The van der Waals surface area contributed by atoms with Crippen molar-refractivity contribution in [1.29, 1.82) is 0 Å². The largest absolute Gasteiger partial charge is 0.353 e. The van der Waals surface area contributed by atoms with Gasteiger partial charge in [0.05, 0.1) is 20.7 Å². The molecule has 1 aliphatic heterocycles. The number of amides is 1. The fraction of sp³-hybridized carbons (Fsp3) is 0.360. The highest BCUT2D eigenvalue weighted by Crippen LogP contribution is 2.30. The molecule has 190 valence electrons. The Morgan fingerprint density at radius 1 is 1.17 bits per heavy atom. The van der Waals surface area contributed by atoms with E-state index in [2.05, 4.69) is 15.2 Å². The number of nitro groups is 1. The van der Waals surface area contributed by atoms with E-state index < -0.39 is 4.92 Å². The summed E-state index contributed by atoms with van der Waals surface area (Å²) in [7, 11) is 0. The lowest BCUT2D eigenvalue weighted by Gasteiger charge is -2.32. The zero-order valence-electron chi connectivity index (χ0n) is 19.5. The van der Waals surface area contributed by atoms with Gasteiger partial charge in [-0.2, -0.15) is 0 Å². The molecule has 0 aliphatic carbocycles. The molecule has 1 N–H and O–H groups in total. The quantitative estimate of drug-likeness (QED) is 0.128. The van der Waals surface area contributed by atoms with Gasteiger partial charge in [0, 0.05) is 60.9 Å². The zero-order valence-corrected chi connectivity index (χ0v) is 22.6. The third-order valence-corrected chi connectivity index (χ3v) is 8.82. The summed E-state index contributed by atoms with van der Waals surface area (Å²) in [6.07, 6.45) is 3.15. The molecule has 0 unspecified atom stereocenters. The number of carbonyl (C=O) groups is 1. The molecule has 2 heterocycles. The Labute approximate surface area is 228 Å². The molecular formula is C25H26Cl2N4O3S2. The molecule has 1 saturated heterocycles. The third kappa shape index (κ3) is 7.66. The number of halogens is 2. The number of piperidine rings is 1. The van der Waals surface area contributed by atoms with E-state index in [1.165, 1.54) is 12.1 Å². The van der Waals surface area contributed by atoms with E-state index in [1.54, 1.807) is 35.2 Å². The molecule has 0 saturated carbocycles. The summed E-state index contributed by atoms with van der Waals surface area (Å²) >= 11 is 15.3. The van der Waals surface area contributed by atoms with Crippen molar-refractivity contribution in [3.8, 4) is 11.3 Å². The van der Waals surface area contributed by atoms with Crippen LogP contribution in [0.25, 0.3) is 11.3 Å². The van der Waals surface area contributed by atoms with Crippen molar-refractivity contribution in [2.75, 3.05) is 18.8 Å². The van der Waals surface area contributed by atoms with E-state index in [0.717, 1.165) is 65.8 Å². The number of thioether (sulfide) groups is 1. The molecule has 0 spiro atoms. The predicted molar refractivity (Wildman–Crippen MR) is 147 cm³/mol. The number of likely N-dealkylation sites (tertiary alicyclic amines) is 1.